The zero-order chi connectivity index (χ0) is 30.8. The van der Waals surface area contributed by atoms with E-state index in [1.54, 1.807) is 12.1 Å². The van der Waals surface area contributed by atoms with Gasteiger partial charge in [0.2, 0.25) is 0 Å². The number of hydrogen-bond donors (Lipinski definition) is 4. The molecule has 4 aromatic carbocycles. The van der Waals surface area contributed by atoms with E-state index in [0.29, 0.717) is 0 Å². The van der Waals surface area contributed by atoms with Gasteiger partial charge in [-0.1, -0.05) is 97.1 Å². The second-order valence-corrected chi connectivity index (χ2v) is 9.45. The van der Waals surface area contributed by atoms with Crippen LogP contribution in [0.5, 0.6) is 0 Å². The average molecular weight is 591 g/mol. The van der Waals surface area contributed by atoms with E-state index in [4.69, 9.17) is 0 Å². The minimum absolute atomic E-state index is 0.0685. The molecule has 0 amide bonds. The molecule has 0 spiro atoms. The van der Waals surface area contributed by atoms with Crippen molar-refractivity contribution >= 4 is 5.78 Å². The first-order valence-electron chi connectivity index (χ1n) is 12.5. The molecule has 2 atom stereocenters. The minimum Gasteiger partial charge on any atom is -0.367 e. The summed E-state index contributed by atoms with van der Waals surface area (Å²) in [5.74, 6) is -6.71. The van der Waals surface area contributed by atoms with Crippen molar-refractivity contribution in [1.29, 1.82) is 0 Å². The molecule has 4 N–H and O–H groups in total. The maximum absolute atomic E-state index is 14.5. The van der Waals surface area contributed by atoms with Crippen LogP contribution >= 0.6 is 0 Å². The normalized spacial score (nSPS) is 13.8. The quantitative estimate of drug-likeness (QED) is 0.147. The van der Waals surface area contributed by atoms with Crippen molar-refractivity contribution in [2.24, 2.45) is 0 Å². The predicted molar refractivity (Wildman–Crippen MR) is 141 cm³/mol. The third-order valence-electron chi connectivity index (χ3n) is 6.81. The Bertz CT molecular complexity index is 1420. The fraction of sp³-hybridized carbons (Fsp3) is 0.194. The Labute approximate surface area is 235 Å². The van der Waals surface area contributed by atoms with Crippen molar-refractivity contribution < 1.29 is 51.6 Å². The summed E-state index contributed by atoms with van der Waals surface area (Å²) >= 11 is 0. The van der Waals surface area contributed by atoms with Crippen LogP contribution in [0.2, 0.25) is 0 Å². The highest BCUT2D eigenvalue weighted by atomic mass is 19.4. The van der Waals surface area contributed by atoms with Crippen LogP contribution in [0.1, 0.15) is 34.1 Å². The number of alkyl halides is 6. The molecule has 0 aliphatic carbocycles. The van der Waals surface area contributed by atoms with Crippen LogP contribution in [-0.4, -0.2) is 38.8 Å². The SMILES string of the molecule is O=C(C(c1cccc(-c2ccccc2)c1C(F)(F)F)C(O)O)C(c1cccc(-c2ccccc2)c1C(F)(F)F)C(O)O. The van der Waals surface area contributed by atoms with Crippen molar-refractivity contribution in [3.8, 4) is 22.3 Å². The van der Waals surface area contributed by atoms with E-state index in [0.717, 1.165) is 36.4 Å². The van der Waals surface area contributed by atoms with Crippen LogP contribution < -0.4 is 0 Å². The summed E-state index contributed by atoms with van der Waals surface area (Å²) in [6.07, 6.45) is -16.0. The first kappa shape index (κ1) is 30.9. The van der Waals surface area contributed by atoms with Crippen molar-refractivity contribution in [3.63, 3.8) is 0 Å². The topological polar surface area (TPSA) is 98.0 Å². The number of aliphatic hydroxyl groups excluding tert-OH is 2. The van der Waals surface area contributed by atoms with Gasteiger partial charge in [0.1, 0.15) is 0 Å². The van der Waals surface area contributed by atoms with Gasteiger partial charge >= 0.3 is 12.4 Å². The molecule has 0 aliphatic rings. The van der Waals surface area contributed by atoms with Gasteiger partial charge in [0.15, 0.2) is 18.4 Å². The third-order valence-corrected chi connectivity index (χ3v) is 6.81. The Kier molecular flexibility index (Phi) is 8.88. The van der Waals surface area contributed by atoms with Crippen molar-refractivity contribution in [3.05, 3.63) is 119 Å². The predicted octanol–water partition coefficient (Wildman–Crippen LogP) is 6.12. The van der Waals surface area contributed by atoms with Crippen LogP contribution in [0.3, 0.4) is 0 Å². The molecular formula is C31H24F6O5. The summed E-state index contributed by atoms with van der Waals surface area (Å²) in [4.78, 5) is 13.8. The molecular weight excluding hydrogens is 566 g/mol. The van der Waals surface area contributed by atoms with Crippen LogP contribution in [0.25, 0.3) is 22.3 Å². The number of halogens is 6. The minimum atomic E-state index is -5.16. The molecule has 0 fully saturated rings. The lowest BCUT2D eigenvalue weighted by Crippen LogP contribution is -2.37. The monoisotopic (exact) mass is 590 g/mol. The zero-order valence-electron chi connectivity index (χ0n) is 21.5. The van der Waals surface area contributed by atoms with Gasteiger partial charge < -0.3 is 20.4 Å². The van der Waals surface area contributed by atoms with E-state index < -0.39 is 75.9 Å². The lowest BCUT2D eigenvalue weighted by atomic mass is 9.77. The van der Waals surface area contributed by atoms with E-state index in [1.165, 1.54) is 48.5 Å². The number of benzene rings is 4. The molecule has 5 nitrogen and oxygen atoms in total. The largest absolute Gasteiger partial charge is 0.417 e. The van der Waals surface area contributed by atoms with Crippen LogP contribution in [0.4, 0.5) is 26.3 Å². The Balaban J connectivity index is 1.96. The maximum atomic E-state index is 14.5. The summed E-state index contributed by atoms with van der Waals surface area (Å²) in [5, 5.41) is 40.8. The Morgan fingerprint density at radius 3 is 1.12 bits per heavy atom. The molecule has 42 heavy (non-hydrogen) atoms. The molecule has 0 radical (unpaired) electrons. The Morgan fingerprint density at radius 2 is 0.833 bits per heavy atom. The van der Waals surface area contributed by atoms with Gasteiger partial charge in [-0.25, -0.2) is 0 Å². The molecule has 11 heteroatoms. The number of aliphatic hydroxyl groups is 4. The van der Waals surface area contributed by atoms with E-state index >= 15 is 0 Å². The highest BCUT2D eigenvalue weighted by molar-refractivity contribution is 5.94. The molecule has 0 bridgehead atoms. The lowest BCUT2D eigenvalue weighted by molar-refractivity contribution is -0.147. The van der Waals surface area contributed by atoms with E-state index in [2.05, 4.69) is 0 Å². The van der Waals surface area contributed by atoms with Crippen molar-refractivity contribution in [2.75, 3.05) is 0 Å². The number of ketones is 1. The fourth-order valence-corrected chi connectivity index (χ4v) is 5.12. The average Bonchev–Trinajstić information content (AvgIpc) is 2.92. The molecule has 4 rings (SSSR count). The molecule has 0 saturated carbocycles. The van der Waals surface area contributed by atoms with E-state index in [1.807, 2.05) is 0 Å². The Hall–Kier alpha value is -4.03. The highest BCUT2D eigenvalue weighted by Crippen LogP contribution is 2.46. The second-order valence-electron chi connectivity index (χ2n) is 9.45. The summed E-state index contributed by atoms with van der Waals surface area (Å²) < 4.78 is 87.0. The maximum Gasteiger partial charge on any atom is 0.417 e. The second kappa shape index (κ2) is 12.1. The third kappa shape index (κ3) is 6.24. The fourth-order valence-electron chi connectivity index (χ4n) is 5.12. The number of rotatable bonds is 8. The smallest absolute Gasteiger partial charge is 0.367 e. The van der Waals surface area contributed by atoms with E-state index in [9.17, 15) is 51.6 Å². The van der Waals surface area contributed by atoms with Gasteiger partial charge in [0, 0.05) is 0 Å². The van der Waals surface area contributed by atoms with Crippen LogP contribution in [-0.2, 0) is 17.1 Å². The van der Waals surface area contributed by atoms with Gasteiger partial charge in [0.25, 0.3) is 0 Å². The number of Topliss-reactive ketones (excluding diaryl/α,β-unsaturated/α-hetero) is 1. The van der Waals surface area contributed by atoms with Crippen molar-refractivity contribution in [1.82, 2.24) is 0 Å². The molecule has 0 aromatic heterocycles. The standard InChI is InChI=1S/C31H24F6O5/c32-30(33,34)25-19(17-9-3-1-4-10-17)13-7-15-21(25)23(28(39)40)27(38)24(29(41)42)22-16-8-14-20(26(22)31(35,36)37)18-11-5-2-6-12-18/h1-16,23-24,28-29,39-42H. The summed E-state index contributed by atoms with van der Waals surface area (Å²) in [5.41, 5.74) is -5.49. The molecule has 0 aliphatic heterocycles. The van der Waals surface area contributed by atoms with Crippen LogP contribution in [0.15, 0.2) is 97.1 Å². The summed E-state index contributed by atoms with van der Waals surface area (Å²) in [7, 11) is 0. The first-order valence-corrected chi connectivity index (χ1v) is 12.5. The lowest BCUT2D eigenvalue weighted by Gasteiger charge is -2.30. The zero-order valence-corrected chi connectivity index (χ0v) is 21.5. The molecule has 0 heterocycles. The van der Waals surface area contributed by atoms with E-state index in [-0.39, 0.29) is 11.1 Å². The molecule has 0 saturated heterocycles. The molecule has 2 unspecified atom stereocenters. The molecule has 4 aromatic rings. The highest BCUT2D eigenvalue weighted by Gasteiger charge is 2.47. The van der Waals surface area contributed by atoms with Gasteiger partial charge in [-0.05, 0) is 33.4 Å². The number of hydrogen-bond acceptors (Lipinski definition) is 5. The van der Waals surface area contributed by atoms with Gasteiger partial charge in [-0.2, -0.15) is 26.3 Å². The Morgan fingerprint density at radius 1 is 0.500 bits per heavy atom. The molecule has 220 valence electrons. The van der Waals surface area contributed by atoms with Gasteiger partial charge in [-0.3, -0.25) is 4.79 Å². The summed E-state index contributed by atoms with van der Waals surface area (Å²) in [6.45, 7) is 0. The van der Waals surface area contributed by atoms with Gasteiger partial charge in [-0.15, -0.1) is 0 Å². The van der Waals surface area contributed by atoms with Crippen LogP contribution in [0, 0.1) is 0 Å². The summed E-state index contributed by atoms with van der Waals surface area (Å²) in [6, 6.07) is 20.4. The first-order chi connectivity index (χ1) is 19.7. The number of carbonyl (C=O) groups excluding carboxylic acids is 1. The number of carbonyl (C=O) groups is 1. The van der Waals surface area contributed by atoms with Gasteiger partial charge in [0.05, 0.1) is 23.0 Å². The van der Waals surface area contributed by atoms with Crippen molar-refractivity contribution in [2.45, 2.75) is 36.8 Å².